The molecule has 1 saturated heterocycles. The number of carbonyl (C=O) groups is 2. The standard InChI is InChI=1S/C16H23N3O3/c1-16(2,3)18-14(21)12-6-4-5-7-13(12)17-15(22)19-9-8-11(20)10-19/h4-7,11,20H,8-10H2,1-3H3,(H,17,22)(H,18,21)/t11-/m1/s1. The predicted molar refractivity (Wildman–Crippen MR) is 84.9 cm³/mol. The molecule has 0 radical (unpaired) electrons. The van der Waals surface area contributed by atoms with Crippen LogP contribution in [0.25, 0.3) is 0 Å². The van der Waals surface area contributed by atoms with Crippen LogP contribution in [0.15, 0.2) is 24.3 Å². The van der Waals surface area contributed by atoms with Crippen LogP contribution in [0.5, 0.6) is 0 Å². The van der Waals surface area contributed by atoms with Crippen LogP contribution in [-0.2, 0) is 0 Å². The van der Waals surface area contributed by atoms with Crippen molar-refractivity contribution in [2.45, 2.75) is 38.8 Å². The van der Waals surface area contributed by atoms with E-state index in [0.29, 0.717) is 30.8 Å². The van der Waals surface area contributed by atoms with E-state index in [9.17, 15) is 14.7 Å². The van der Waals surface area contributed by atoms with Gasteiger partial charge in [0.2, 0.25) is 0 Å². The average molecular weight is 305 g/mol. The van der Waals surface area contributed by atoms with Crippen molar-refractivity contribution < 1.29 is 14.7 Å². The number of β-amino-alcohol motifs (C(OH)–C–C–N with tert-alkyl or cyclic N) is 1. The number of likely N-dealkylation sites (tertiary alicyclic amines) is 1. The Hall–Kier alpha value is -2.08. The highest BCUT2D eigenvalue weighted by molar-refractivity contribution is 6.03. The van der Waals surface area contributed by atoms with Gasteiger partial charge < -0.3 is 20.6 Å². The van der Waals surface area contributed by atoms with Crippen LogP contribution in [0.4, 0.5) is 10.5 Å². The summed E-state index contributed by atoms with van der Waals surface area (Å²) < 4.78 is 0. The maximum absolute atomic E-state index is 12.3. The van der Waals surface area contributed by atoms with E-state index in [4.69, 9.17) is 0 Å². The van der Waals surface area contributed by atoms with Gasteiger partial charge in [-0.25, -0.2) is 4.79 Å². The monoisotopic (exact) mass is 305 g/mol. The Balaban J connectivity index is 2.11. The Bertz CT molecular complexity index is 566. The summed E-state index contributed by atoms with van der Waals surface area (Å²) in [6.45, 7) is 6.54. The summed E-state index contributed by atoms with van der Waals surface area (Å²) in [6, 6.07) is 6.60. The van der Waals surface area contributed by atoms with Crippen molar-refractivity contribution in [2.75, 3.05) is 18.4 Å². The number of nitrogens with zero attached hydrogens (tertiary/aromatic N) is 1. The zero-order chi connectivity index (χ0) is 16.3. The summed E-state index contributed by atoms with van der Waals surface area (Å²) in [5.41, 5.74) is 0.536. The number of carbonyl (C=O) groups excluding carboxylic acids is 2. The van der Waals surface area contributed by atoms with E-state index < -0.39 is 6.10 Å². The van der Waals surface area contributed by atoms with Crippen molar-refractivity contribution in [3.8, 4) is 0 Å². The highest BCUT2D eigenvalue weighted by atomic mass is 16.3. The van der Waals surface area contributed by atoms with Gasteiger partial charge in [-0.2, -0.15) is 0 Å². The lowest BCUT2D eigenvalue weighted by Crippen LogP contribution is -2.41. The fourth-order valence-electron chi connectivity index (χ4n) is 2.32. The summed E-state index contributed by atoms with van der Waals surface area (Å²) in [4.78, 5) is 26.1. The van der Waals surface area contributed by atoms with Crippen LogP contribution in [-0.4, -0.2) is 46.7 Å². The molecule has 1 aliphatic heterocycles. The SMILES string of the molecule is CC(C)(C)NC(=O)c1ccccc1NC(=O)N1CC[C@@H](O)C1. The Morgan fingerprint density at radius 2 is 1.95 bits per heavy atom. The molecule has 0 unspecified atom stereocenters. The molecule has 0 aromatic heterocycles. The summed E-state index contributed by atoms with van der Waals surface area (Å²) in [6.07, 6.45) is 0.115. The molecule has 22 heavy (non-hydrogen) atoms. The zero-order valence-electron chi connectivity index (χ0n) is 13.2. The van der Waals surface area contributed by atoms with Crippen molar-refractivity contribution in [2.24, 2.45) is 0 Å². The Labute approximate surface area is 130 Å². The van der Waals surface area contributed by atoms with Crippen LogP contribution in [0.1, 0.15) is 37.6 Å². The van der Waals surface area contributed by atoms with E-state index in [0.717, 1.165) is 0 Å². The number of para-hydroxylation sites is 1. The van der Waals surface area contributed by atoms with E-state index in [2.05, 4.69) is 10.6 Å². The van der Waals surface area contributed by atoms with Gasteiger partial charge in [0.05, 0.1) is 17.4 Å². The molecule has 1 aliphatic rings. The smallest absolute Gasteiger partial charge is 0.321 e. The molecular formula is C16H23N3O3. The summed E-state index contributed by atoms with van der Waals surface area (Å²) in [5, 5.41) is 15.1. The molecule has 3 N–H and O–H groups in total. The highest BCUT2D eigenvalue weighted by Crippen LogP contribution is 2.18. The van der Waals surface area contributed by atoms with Crippen molar-refractivity contribution >= 4 is 17.6 Å². The molecule has 0 bridgehead atoms. The van der Waals surface area contributed by atoms with E-state index >= 15 is 0 Å². The first-order valence-corrected chi connectivity index (χ1v) is 7.42. The number of aliphatic hydroxyl groups is 1. The Morgan fingerprint density at radius 3 is 2.55 bits per heavy atom. The van der Waals surface area contributed by atoms with Gasteiger partial charge in [0.1, 0.15) is 0 Å². The lowest BCUT2D eigenvalue weighted by Gasteiger charge is -2.22. The molecule has 1 aromatic rings. The fourth-order valence-corrected chi connectivity index (χ4v) is 2.32. The lowest BCUT2D eigenvalue weighted by atomic mass is 10.1. The molecule has 6 nitrogen and oxygen atoms in total. The van der Waals surface area contributed by atoms with Gasteiger partial charge in [0.15, 0.2) is 0 Å². The van der Waals surface area contributed by atoms with Gasteiger partial charge in [-0.1, -0.05) is 12.1 Å². The topological polar surface area (TPSA) is 81.7 Å². The van der Waals surface area contributed by atoms with Crippen LogP contribution >= 0.6 is 0 Å². The lowest BCUT2D eigenvalue weighted by molar-refractivity contribution is 0.0920. The second-order valence-corrected chi connectivity index (χ2v) is 6.57. The van der Waals surface area contributed by atoms with E-state index in [-0.39, 0.29) is 17.5 Å². The quantitative estimate of drug-likeness (QED) is 0.779. The Morgan fingerprint density at radius 1 is 1.27 bits per heavy atom. The van der Waals surface area contributed by atoms with E-state index in [1.807, 2.05) is 20.8 Å². The van der Waals surface area contributed by atoms with Crippen LogP contribution in [0.2, 0.25) is 0 Å². The van der Waals surface area contributed by atoms with Crippen LogP contribution in [0.3, 0.4) is 0 Å². The zero-order valence-corrected chi connectivity index (χ0v) is 13.2. The minimum Gasteiger partial charge on any atom is -0.391 e. The maximum atomic E-state index is 12.3. The molecule has 3 amide bonds. The molecule has 1 atom stereocenters. The largest absolute Gasteiger partial charge is 0.391 e. The second-order valence-electron chi connectivity index (χ2n) is 6.57. The van der Waals surface area contributed by atoms with Crippen molar-refractivity contribution in [1.29, 1.82) is 0 Å². The first-order chi connectivity index (χ1) is 10.3. The third-order valence-corrected chi connectivity index (χ3v) is 3.35. The molecule has 0 aliphatic carbocycles. The van der Waals surface area contributed by atoms with Gasteiger partial charge in [-0.05, 0) is 39.3 Å². The number of aliphatic hydroxyl groups excluding tert-OH is 1. The number of amides is 3. The minimum absolute atomic E-state index is 0.232. The average Bonchev–Trinajstić information content (AvgIpc) is 2.84. The number of rotatable bonds is 2. The molecule has 6 heteroatoms. The minimum atomic E-state index is -0.467. The van der Waals surface area contributed by atoms with Crippen molar-refractivity contribution in [1.82, 2.24) is 10.2 Å². The highest BCUT2D eigenvalue weighted by Gasteiger charge is 2.25. The number of urea groups is 1. The summed E-state index contributed by atoms with van der Waals surface area (Å²) in [5.74, 6) is -0.232. The number of nitrogens with one attached hydrogen (secondary N) is 2. The third-order valence-electron chi connectivity index (χ3n) is 3.35. The molecule has 2 rings (SSSR count). The van der Waals surface area contributed by atoms with Crippen LogP contribution < -0.4 is 10.6 Å². The molecule has 1 fully saturated rings. The van der Waals surface area contributed by atoms with Gasteiger partial charge in [0.25, 0.3) is 5.91 Å². The number of hydrogen-bond acceptors (Lipinski definition) is 3. The molecule has 1 heterocycles. The second kappa shape index (κ2) is 6.36. The summed E-state index contributed by atoms with van der Waals surface area (Å²) >= 11 is 0. The molecule has 120 valence electrons. The maximum Gasteiger partial charge on any atom is 0.321 e. The first-order valence-electron chi connectivity index (χ1n) is 7.42. The molecule has 0 spiro atoms. The Kier molecular flexibility index (Phi) is 4.71. The number of benzene rings is 1. The summed E-state index contributed by atoms with van der Waals surface area (Å²) in [7, 11) is 0. The van der Waals surface area contributed by atoms with Gasteiger partial charge in [0, 0.05) is 18.6 Å². The predicted octanol–water partition coefficient (Wildman–Crippen LogP) is 1.81. The fraction of sp³-hybridized carbons (Fsp3) is 0.500. The van der Waals surface area contributed by atoms with Crippen LogP contribution in [0, 0.1) is 0 Å². The van der Waals surface area contributed by atoms with E-state index in [1.165, 1.54) is 0 Å². The van der Waals surface area contributed by atoms with Gasteiger partial charge >= 0.3 is 6.03 Å². The van der Waals surface area contributed by atoms with Gasteiger partial charge in [-0.15, -0.1) is 0 Å². The molecule has 1 aromatic carbocycles. The molecular weight excluding hydrogens is 282 g/mol. The van der Waals surface area contributed by atoms with Gasteiger partial charge in [-0.3, -0.25) is 4.79 Å². The number of hydrogen-bond donors (Lipinski definition) is 3. The number of anilines is 1. The normalized spacial score (nSPS) is 18.2. The van der Waals surface area contributed by atoms with Crippen molar-refractivity contribution in [3.05, 3.63) is 29.8 Å². The first kappa shape index (κ1) is 16.3. The van der Waals surface area contributed by atoms with Crippen molar-refractivity contribution in [3.63, 3.8) is 0 Å². The van der Waals surface area contributed by atoms with E-state index in [1.54, 1.807) is 29.2 Å². The molecule has 0 saturated carbocycles. The third kappa shape index (κ3) is 4.21.